The van der Waals surface area contributed by atoms with Gasteiger partial charge in [0.1, 0.15) is 11.9 Å². The zero-order valence-electron chi connectivity index (χ0n) is 9.86. The van der Waals surface area contributed by atoms with Crippen LogP contribution in [0.15, 0.2) is 35.5 Å². The molecule has 0 spiro atoms. The van der Waals surface area contributed by atoms with E-state index in [1.807, 2.05) is 6.08 Å². The van der Waals surface area contributed by atoms with E-state index in [0.717, 1.165) is 19.3 Å². The summed E-state index contributed by atoms with van der Waals surface area (Å²) in [5.41, 5.74) is 0. The van der Waals surface area contributed by atoms with Crippen molar-refractivity contribution in [1.82, 2.24) is 5.32 Å². The first-order valence-electron chi connectivity index (χ1n) is 5.83. The SMILES string of the molecule is C=CCCC(CC)NCC(O)c1ccco1. The number of hydrogen-bond acceptors (Lipinski definition) is 3. The molecule has 0 aromatic carbocycles. The summed E-state index contributed by atoms with van der Waals surface area (Å²) < 4.78 is 5.14. The Labute approximate surface area is 97.2 Å². The van der Waals surface area contributed by atoms with E-state index in [-0.39, 0.29) is 0 Å². The smallest absolute Gasteiger partial charge is 0.133 e. The zero-order valence-corrected chi connectivity index (χ0v) is 9.86. The Balaban J connectivity index is 2.29. The lowest BCUT2D eigenvalue weighted by molar-refractivity contribution is 0.142. The van der Waals surface area contributed by atoms with E-state index in [4.69, 9.17) is 4.42 Å². The van der Waals surface area contributed by atoms with Crippen LogP contribution in [-0.2, 0) is 0 Å². The van der Waals surface area contributed by atoms with Gasteiger partial charge in [-0.2, -0.15) is 0 Å². The second-order valence-corrected chi connectivity index (χ2v) is 3.91. The second-order valence-electron chi connectivity index (χ2n) is 3.91. The monoisotopic (exact) mass is 223 g/mol. The van der Waals surface area contributed by atoms with Crippen molar-refractivity contribution >= 4 is 0 Å². The molecule has 0 radical (unpaired) electrons. The van der Waals surface area contributed by atoms with Gasteiger partial charge in [-0.1, -0.05) is 13.0 Å². The summed E-state index contributed by atoms with van der Waals surface area (Å²) in [5, 5.41) is 13.1. The van der Waals surface area contributed by atoms with E-state index in [1.54, 1.807) is 18.4 Å². The van der Waals surface area contributed by atoms with Crippen LogP contribution in [0, 0.1) is 0 Å². The molecule has 0 aliphatic rings. The molecule has 2 atom stereocenters. The van der Waals surface area contributed by atoms with Gasteiger partial charge in [0.25, 0.3) is 0 Å². The Bertz CT molecular complexity index is 282. The van der Waals surface area contributed by atoms with E-state index in [9.17, 15) is 5.11 Å². The van der Waals surface area contributed by atoms with Crippen molar-refractivity contribution in [2.75, 3.05) is 6.54 Å². The van der Waals surface area contributed by atoms with E-state index in [0.29, 0.717) is 18.3 Å². The van der Waals surface area contributed by atoms with E-state index in [2.05, 4.69) is 18.8 Å². The molecule has 2 unspecified atom stereocenters. The molecular weight excluding hydrogens is 202 g/mol. The van der Waals surface area contributed by atoms with Gasteiger partial charge in [-0.25, -0.2) is 0 Å². The summed E-state index contributed by atoms with van der Waals surface area (Å²) in [4.78, 5) is 0. The van der Waals surface area contributed by atoms with Crippen molar-refractivity contribution in [3.63, 3.8) is 0 Å². The number of aliphatic hydroxyl groups is 1. The third kappa shape index (κ3) is 4.21. The molecule has 0 aliphatic carbocycles. The fourth-order valence-corrected chi connectivity index (χ4v) is 1.63. The van der Waals surface area contributed by atoms with Crippen LogP contribution in [0.25, 0.3) is 0 Å². The van der Waals surface area contributed by atoms with Gasteiger partial charge in [-0.15, -0.1) is 6.58 Å². The quantitative estimate of drug-likeness (QED) is 0.666. The number of aliphatic hydroxyl groups excluding tert-OH is 1. The van der Waals surface area contributed by atoms with Crippen LogP contribution in [0.5, 0.6) is 0 Å². The fourth-order valence-electron chi connectivity index (χ4n) is 1.63. The number of furan rings is 1. The first-order valence-corrected chi connectivity index (χ1v) is 5.83. The largest absolute Gasteiger partial charge is 0.467 e. The summed E-state index contributed by atoms with van der Waals surface area (Å²) in [6.07, 6.45) is 6.06. The van der Waals surface area contributed by atoms with Crippen molar-refractivity contribution in [2.45, 2.75) is 38.3 Å². The molecule has 0 aliphatic heterocycles. The summed E-state index contributed by atoms with van der Waals surface area (Å²) in [5.74, 6) is 0.617. The Morgan fingerprint density at radius 2 is 2.44 bits per heavy atom. The fraction of sp³-hybridized carbons (Fsp3) is 0.538. The first kappa shape index (κ1) is 13.0. The minimum Gasteiger partial charge on any atom is -0.467 e. The maximum atomic E-state index is 9.80. The van der Waals surface area contributed by atoms with Crippen LogP contribution < -0.4 is 5.32 Å². The molecule has 1 heterocycles. The Kier molecular flexibility index (Phi) is 5.90. The molecule has 0 amide bonds. The predicted molar refractivity (Wildman–Crippen MR) is 65.2 cm³/mol. The Morgan fingerprint density at radius 3 is 3.00 bits per heavy atom. The molecule has 3 heteroatoms. The highest BCUT2D eigenvalue weighted by atomic mass is 16.4. The van der Waals surface area contributed by atoms with Crippen molar-refractivity contribution < 1.29 is 9.52 Å². The van der Waals surface area contributed by atoms with Crippen LogP contribution in [0.2, 0.25) is 0 Å². The number of hydrogen-bond donors (Lipinski definition) is 2. The van der Waals surface area contributed by atoms with E-state index >= 15 is 0 Å². The maximum Gasteiger partial charge on any atom is 0.133 e. The minimum atomic E-state index is -0.562. The molecule has 1 rings (SSSR count). The second kappa shape index (κ2) is 7.25. The highest BCUT2D eigenvalue weighted by Gasteiger charge is 2.12. The van der Waals surface area contributed by atoms with Gasteiger partial charge in [-0.3, -0.25) is 0 Å². The van der Waals surface area contributed by atoms with Gasteiger partial charge in [0.05, 0.1) is 6.26 Å². The van der Waals surface area contributed by atoms with Crippen LogP contribution in [0.3, 0.4) is 0 Å². The third-order valence-electron chi connectivity index (χ3n) is 2.68. The zero-order chi connectivity index (χ0) is 11.8. The minimum absolute atomic E-state index is 0.433. The maximum absolute atomic E-state index is 9.80. The molecule has 2 N–H and O–H groups in total. The van der Waals surface area contributed by atoms with Gasteiger partial charge in [0, 0.05) is 12.6 Å². The molecule has 90 valence electrons. The van der Waals surface area contributed by atoms with Gasteiger partial charge < -0.3 is 14.8 Å². The topological polar surface area (TPSA) is 45.4 Å². The van der Waals surface area contributed by atoms with Crippen molar-refractivity contribution in [2.24, 2.45) is 0 Å². The van der Waals surface area contributed by atoms with Gasteiger partial charge in [0.2, 0.25) is 0 Å². The van der Waals surface area contributed by atoms with Crippen molar-refractivity contribution in [1.29, 1.82) is 0 Å². The first-order chi connectivity index (χ1) is 7.77. The predicted octanol–water partition coefficient (Wildman–Crippen LogP) is 2.65. The average molecular weight is 223 g/mol. The van der Waals surface area contributed by atoms with Crippen LogP contribution in [0.1, 0.15) is 38.1 Å². The normalized spacial score (nSPS) is 14.6. The molecule has 0 bridgehead atoms. The summed E-state index contributed by atoms with van der Waals surface area (Å²) >= 11 is 0. The van der Waals surface area contributed by atoms with Gasteiger partial charge in [-0.05, 0) is 31.4 Å². The van der Waals surface area contributed by atoms with Crippen molar-refractivity contribution in [3.05, 3.63) is 36.8 Å². The Hall–Kier alpha value is -1.06. The molecule has 1 aromatic rings. The van der Waals surface area contributed by atoms with E-state index in [1.165, 1.54) is 0 Å². The number of rotatable bonds is 8. The molecular formula is C13H21NO2. The lowest BCUT2D eigenvalue weighted by Crippen LogP contribution is -2.32. The lowest BCUT2D eigenvalue weighted by Gasteiger charge is -2.17. The Morgan fingerprint density at radius 1 is 1.62 bits per heavy atom. The van der Waals surface area contributed by atoms with E-state index < -0.39 is 6.10 Å². The molecule has 0 saturated carbocycles. The summed E-state index contributed by atoms with van der Waals surface area (Å²) in [6, 6.07) is 4.01. The number of allylic oxidation sites excluding steroid dienone is 1. The third-order valence-corrected chi connectivity index (χ3v) is 2.68. The van der Waals surface area contributed by atoms with Crippen molar-refractivity contribution in [3.8, 4) is 0 Å². The highest BCUT2D eigenvalue weighted by molar-refractivity contribution is 5.02. The molecule has 1 aromatic heterocycles. The standard InChI is InChI=1S/C13H21NO2/c1-3-5-7-11(4-2)14-10-12(15)13-8-6-9-16-13/h3,6,8-9,11-12,14-15H,1,4-5,7,10H2,2H3. The molecule has 16 heavy (non-hydrogen) atoms. The van der Waals surface area contributed by atoms with Crippen LogP contribution in [0.4, 0.5) is 0 Å². The van der Waals surface area contributed by atoms with Crippen LogP contribution in [-0.4, -0.2) is 17.7 Å². The van der Waals surface area contributed by atoms with Crippen LogP contribution >= 0.6 is 0 Å². The lowest BCUT2D eigenvalue weighted by atomic mass is 10.1. The van der Waals surface area contributed by atoms with Gasteiger partial charge in [0.15, 0.2) is 0 Å². The molecule has 3 nitrogen and oxygen atoms in total. The highest BCUT2D eigenvalue weighted by Crippen LogP contribution is 2.12. The summed E-state index contributed by atoms with van der Waals surface area (Å²) in [7, 11) is 0. The molecule has 0 fully saturated rings. The average Bonchev–Trinajstić information content (AvgIpc) is 2.82. The molecule has 0 saturated heterocycles. The number of nitrogens with one attached hydrogen (secondary N) is 1. The summed E-state index contributed by atoms with van der Waals surface area (Å²) in [6.45, 7) is 6.38. The van der Waals surface area contributed by atoms with Gasteiger partial charge >= 0.3 is 0 Å².